The number of piperidine rings is 1. The first-order valence-corrected chi connectivity index (χ1v) is 8.91. The number of nitrogens with zero attached hydrogens (tertiary/aromatic N) is 2. The van der Waals surface area contributed by atoms with Crippen molar-refractivity contribution in [2.45, 2.75) is 38.8 Å². The van der Waals surface area contributed by atoms with Crippen LogP contribution in [0.15, 0.2) is 30.3 Å². The maximum atomic E-state index is 12.6. The fourth-order valence-corrected chi connectivity index (χ4v) is 3.32. The van der Waals surface area contributed by atoms with E-state index in [1.165, 1.54) is 0 Å². The van der Waals surface area contributed by atoms with E-state index in [-0.39, 0.29) is 12.1 Å². The van der Waals surface area contributed by atoms with Crippen LogP contribution in [-0.2, 0) is 0 Å². The molecule has 0 bridgehead atoms. The summed E-state index contributed by atoms with van der Waals surface area (Å²) in [6.07, 6.45) is 1.87. The van der Waals surface area contributed by atoms with Gasteiger partial charge in [0.2, 0.25) is 0 Å². The van der Waals surface area contributed by atoms with Gasteiger partial charge in [-0.2, -0.15) is 0 Å². The molecule has 0 aromatic heterocycles. The maximum absolute atomic E-state index is 12.6. The van der Waals surface area contributed by atoms with Crippen LogP contribution in [0.5, 0.6) is 5.75 Å². The Bertz CT molecular complexity index is 509. The van der Waals surface area contributed by atoms with Crippen LogP contribution in [0.1, 0.15) is 26.7 Å². The number of hydrogen-bond acceptors (Lipinski definition) is 3. The fraction of sp³-hybridized carbons (Fsp3) is 0.632. The Morgan fingerprint density at radius 2 is 2.12 bits per heavy atom. The molecular weight excluding hydrogens is 302 g/mol. The van der Waals surface area contributed by atoms with Crippen LogP contribution in [0.25, 0.3) is 0 Å². The van der Waals surface area contributed by atoms with Crippen LogP contribution in [-0.4, -0.2) is 61.7 Å². The molecule has 5 nitrogen and oxygen atoms in total. The molecule has 1 saturated heterocycles. The van der Waals surface area contributed by atoms with E-state index in [1.54, 1.807) is 0 Å². The minimum atomic E-state index is -0.0000789. The number of amides is 2. The summed E-state index contributed by atoms with van der Waals surface area (Å²) in [5.41, 5.74) is 0. The van der Waals surface area contributed by atoms with Crippen LogP contribution < -0.4 is 10.1 Å². The molecule has 1 aliphatic heterocycles. The summed E-state index contributed by atoms with van der Waals surface area (Å²) >= 11 is 0. The van der Waals surface area contributed by atoms with Crippen molar-refractivity contribution in [1.82, 2.24) is 15.1 Å². The van der Waals surface area contributed by atoms with E-state index in [2.05, 4.69) is 31.1 Å². The van der Waals surface area contributed by atoms with Gasteiger partial charge in [0.25, 0.3) is 0 Å². The lowest BCUT2D eigenvalue weighted by molar-refractivity contribution is 0.104. The Balaban J connectivity index is 1.84. The molecule has 2 amide bonds. The fourth-order valence-electron chi connectivity index (χ4n) is 3.32. The van der Waals surface area contributed by atoms with Crippen LogP contribution >= 0.6 is 0 Å². The lowest BCUT2D eigenvalue weighted by Gasteiger charge is -2.40. The van der Waals surface area contributed by atoms with Crippen molar-refractivity contribution < 1.29 is 9.53 Å². The second kappa shape index (κ2) is 8.92. The largest absolute Gasteiger partial charge is 0.491 e. The number of nitrogens with one attached hydrogen (secondary N) is 1. The highest BCUT2D eigenvalue weighted by atomic mass is 16.5. The SMILES string of the molecule is CC[C@H](COc1ccccc1)NC(=O)N(C)[C@H]1CCN(C)C[C@@H]1C. The molecule has 0 spiro atoms. The van der Waals surface area contributed by atoms with Crippen molar-refractivity contribution in [3.63, 3.8) is 0 Å². The molecule has 5 heteroatoms. The second-order valence-electron chi connectivity index (χ2n) is 6.89. The highest BCUT2D eigenvalue weighted by molar-refractivity contribution is 5.74. The molecule has 0 unspecified atom stereocenters. The maximum Gasteiger partial charge on any atom is 0.317 e. The average molecular weight is 333 g/mol. The Labute approximate surface area is 146 Å². The van der Waals surface area contributed by atoms with Crippen molar-refractivity contribution in [2.24, 2.45) is 5.92 Å². The van der Waals surface area contributed by atoms with Crippen molar-refractivity contribution in [3.05, 3.63) is 30.3 Å². The number of ether oxygens (including phenoxy) is 1. The first-order chi connectivity index (χ1) is 11.5. The molecule has 1 aromatic carbocycles. The summed E-state index contributed by atoms with van der Waals surface area (Å²) in [5, 5.41) is 3.11. The molecule has 2 rings (SSSR count). The highest BCUT2D eigenvalue weighted by Gasteiger charge is 2.30. The molecule has 1 fully saturated rings. The predicted octanol–water partition coefficient (Wildman–Crippen LogP) is 2.83. The first-order valence-electron chi connectivity index (χ1n) is 8.91. The van der Waals surface area contributed by atoms with Crippen molar-refractivity contribution in [3.8, 4) is 5.75 Å². The summed E-state index contributed by atoms with van der Waals surface area (Å²) in [5.74, 6) is 1.32. The molecule has 1 aromatic rings. The average Bonchev–Trinajstić information content (AvgIpc) is 2.58. The third-order valence-electron chi connectivity index (χ3n) is 4.90. The smallest absolute Gasteiger partial charge is 0.317 e. The van der Waals surface area contributed by atoms with Gasteiger partial charge in [-0.3, -0.25) is 0 Å². The van der Waals surface area contributed by atoms with Gasteiger partial charge in [-0.25, -0.2) is 4.79 Å². The molecule has 3 atom stereocenters. The molecule has 0 radical (unpaired) electrons. The minimum Gasteiger partial charge on any atom is -0.491 e. The molecular formula is C19H31N3O2. The number of urea groups is 1. The summed E-state index contributed by atoms with van der Waals surface area (Å²) < 4.78 is 5.78. The minimum absolute atomic E-state index is 0.0000789. The standard InChI is InChI=1S/C19H31N3O2/c1-5-16(14-24-17-9-7-6-8-10-17)20-19(23)22(4)18-11-12-21(3)13-15(18)2/h6-10,15-16,18H,5,11-14H2,1-4H3,(H,20,23)/t15-,16+,18-/m0/s1. The molecule has 0 saturated carbocycles. The van der Waals surface area contributed by atoms with E-state index < -0.39 is 0 Å². The Kier molecular flexibility index (Phi) is 6.91. The Morgan fingerprint density at radius 1 is 1.42 bits per heavy atom. The highest BCUT2D eigenvalue weighted by Crippen LogP contribution is 2.20. The van der Waals surface area contributed by atoms with Crippen molar-refractivity contribution in [2.75, 3.05) is 33.8 Å². The van der Waals surface area contributed by atoms with E-state index in [4.69, 9.17) is 4.74 Å². The van der Waals surface area contributed by atoms with E-state index in [0.717, 1.165) is 31.7 Å². The third kappa shape index (κ3) is 5.13. The summed E-state index contributed by atoms with van der Waals surface area (Å²) in [6.45, 7) is 6.86. The van der Waals surface area contributed by atoms with Gasteiger partial charge < -0.3 is 19.9 Å². The zero-order valence-corrected chi connectivity index (χ0v) is 15.4. The van der Waals surface area contributed by atoms with E-state index >= 15 is 0 Å². The molecule has 24 heavy (non-hydrogen) atoms. The van der Waals surface area contributed by atoms with Crippen LogP contribution in [0, 0.1) is 5.92 Å². The van der Waals surface area contributed by atoms with Crippen molar-refractivity contribution in [1.29, 1.82) is 0 Å². The quantitative estimate of drug-likeness (QED) is 0.871. The Hall–Kier alpha value is -1.75. The topological polar surface area (TPSA) is 44.8 Å². The number of likely N-dealkylation sites (tertiary alicyclic amines) is 1. The summed E-state index contributed by atoms with van der Waals surface area (Å²) in [4.78, 5) is 16.8. The predicted molar refractivity (Wildman–Crippen MR) is 97.4 cm³/mol. The zero-order valence-electron chi connectivity index (χ0n) is 15.4. The van der Waals surface area contributed by atoms with E-state index in [9.17, 15) is 4.79 Å². The molecule has 1 aliphatic rings. The number of benzene rings is 1. The van der Waals surface area contributed by atoms with Crippen LogP contribution in [0.3, 0.4) is 0 Å². The number of para-hydroxylation sites is 1. The van der Waals surface area contributed by atoms with Gasteiger partial charge in [0, 0.05) is 19.6 Å². The first kappa shape index (κ1) is 18.6. The number of hydrogen-bond donors (Lipinski definition) is 1. The monoisotopic (exact) mass is 333 g/mol. The van der Waals surface area contributed by atoms with Gasteiger partial charge in [-0.05, 0) is 44.5 Å². The molecule has 0 aliphatic carbocycles. The van der Waals surface area contributed by atoms with Gasteiger partial charge in [0.15, 0.2) is 0 Å². The van der Waals surface area contributed by atoms with Gasteiger partial charge in [0.05, 0.1) is 6.04 Å². The third-order valence-corrected chi connectivity index (χ3v) is 4.90. The van der Waals surface area contributed by atoms with Crippen LogP contribution in [0.4, 0.5) is 4.79 Å². The molecule has 1 heterocycles. The van der Waals surface area contributed by atoms with Crippen LogP contribution in [0.2, 0.25) is 0 Å². The Morgan fingerprint density at radius 3 is 2.75 bits per heavy atom. The lowest BCUT2D eigenvalue weighted by Crippen LogP contribution is -2.54. The summed E-state index contributed by atoms with van der Waals surface area (Å²) in [7, 11) is 4.05. The normalized spacial score (nSPS) is 22.7. The van der Waals surface area contributed by atoms with E-state index in [0.29, 0.717) is 18.6 Å². The lowest BCUT2D eigenvalue weighted by atomic mass is 9.93. The number of carbonyl (C=O) groups is 1. The van der Waals surface area contributed by atoms with Gasteiger partial charge in [-0.1, -0.05) is 32.0 Å². The van der Waals surface area contributed by atoms with Crippen molar-refractivity contribution >= 4 is 6.03 Å². The van der Waals surface area contributed by atoms with Gasteiger partial charge >= 0.3 is 6.03 Å². The molecule has 1 N–H and O–H groups in total. The van der Waals surface area contributed by atoms with E-state index in [1.807, 2.05) is 42.3 Å². The second-order valence-corrected chi connectivity index (χ2v) is 6.89. The van der Waals surface area contributed by atoms with Gasteiger partial charge in [-0.15, -0.1) is 0 Å². The number of rotatable bonds is 6. The zero-order chi connectivity index (χ0) is 17.5. The summed E-state index contributed by atoms with van der Waals surface area (Å²) in [6, 6.07) is 10.0. The van der Waals surface area contributed by atoms with Gasteiger partial charge in [0.1, 0.15) is 12.4 Å². The molecule has 134 valence electrons. The number of carbonyl (C=O) groups excluding carboxylic acids is 1.